The highest BCUT2D eigenvalue weighted by Crippen LogP contribution is 2.38. The second-order valence-electron chi connectivity index (χ2n) is 4.98. The monoisotopic (exact) mass is 346 g/mol. The summed E-state index contributed by atoms with van der Waals surface area (Å²) >= 11 is 11.7. The lowest BCUT2D eigenvalue weighted by molar-refractivity contribution is 0.556. The Morgan fingerprint density at radius 1 is 1.29 bits per heavy atom. The molecule has 112 valence electrons. The summed E-state index contributed by atoms with van der Waals surface area (Å²) < 4.78 is 27.0. The van der Waals surface area contributed by atoms with Crippen LogP contribution in [0.4, 0.5) is 0 Å². The Hall–Kier alpha value is -1.18. The van der Waals surface area contributed by atoms with Crippen LogP contribution in [0.3, 0.4) is 0 Å². The Labute approximate surface area is 132 Å². The van der Waals surface area contributed by atoms with Gasteiger partial charge in [0, 0.05) is 0 Å². The van der Waals surface area contributed by atoms with Crippen LogP contribution in [-0.4, -0.2) is 28.6 Å². The third kappa shape index (κ3) is 2.65. The molecule has 21 heavy (non-hydrogen) atoms. The second kappa shape index (κ2) is 5.23. The number of halogens is 2. The van der Waals surface area contributed by atoms with Gasteiger partial charge in [-0.1, -0.05) is 23.2 Å². The van der Waals surface area contributed by atoms with Crippen LogP contribution >= 0.6 is 23.2 Å². The number of rotatable bonds is 4. The Morgan fingerprint density at radius 3 is 2.62 bits per heavy atom. The third-order valence-electron chi connectivity index (χ3n) is 3.46. The molecule has 0 bridgehead atoms. The van der Waals surface area contributed by atoms with E-state index in [1.807, 2.05) is 0 Å². The fraction of sp³-hybridized carbons (Fsp3) is 0.417. The van der Waals surface area contributed by atoms with E-state index in [2.05, 4.69) is 15.5 Å². The smallest absolute Gasteiger partial charge is 0.188 e. The second-order valence-corrected chi connectivity index (χ2v) is 8.06. The minimum absolute atomic E-state index is 0.106. The molecule has 1 fully saturated rings. The first kappa shape index (κ1) is 14.7. The van der Waals surface area contributed by atoms with Crippen LogP contribution in [0.1, 0.15) is 36.9 Å². The van der Waals surface area contributed by atoms with E-state index in [0.29, 0.717) is 10.8 Å². The van der Waals surface area contributed by atoms with E-state index in [1.165, 1.54) is 18.2 Å². The number of hydrogen-bond donors (Lipinski definition) is 0. The quantitative estimate of drug-likeness (QED) is 0.850. The molecular formula is C12H12Cl2N4O2S. The van der Waals surface area contributed by atoms with Gasteiger partial charge in [0.15, 0.2) is 15.7 Å². The highest BCUT2D eigenvalue weighted by Gasteiger charge is 2.35. The third-order valence-corrected chi connectivity index (χ3v) is 6.25. The molecule has 0 unspecified atom stereocenters. The molecule has 1 aromatic heterocycles. The number of aromatic nitrogens is 4. The van der Waals surface area contributed by atoms with Crippen LogP contribution in [0, 0.1) is 0 Å². The highest BCUT2D eigenvalue weighted by atomic mass is 35.5. The first-order valence-corrected chi connectivity index (χ1v) is 8.68. The SMILES string of the molecule is C[C@@H](c1nnnn1C1CC1)S(=O)(=O)c1ccc(Cl)c(Cl)c1. The summed E-state index contributed by atoms with van der Waals surface area (Å²) in [4.78, 5) is 0.106. The van der Waals surface area contributed by atoms with E-state index in [9.17, 15) is 8.42 Å². The van der Waals surface area contributed by atoms with Crippen molar-refractivity contribution in [1.29, 1.82) is 0 Å². The molecule has 1 aliphatic carbocycles. The normalized spacial score (nSPS) is 16.9. The molecule has 1 saturated carbocycles. The lowest BCUT2D eigenvalue weighted by atomic mass is 10.4. The summed E-state index contributed by atoms with van der Waals surface area (Å²) in [5, 5.41) is 11.0. The molecule has 1 aromatic carbocycles. The standard InChI is InChI=1S/C12H12Cl2N4O2S/c1-7(12-15-16-17-18(12)8-2-3-8)21(19,20)9-4-5-10(13)11(14)6-9/h4-8H,2-3H2,1H3/t7-/m0/s1. The maximum Gasteiger partial charge on any atom is 0.188 e. The fourth-order valence-corrected chi connectivity index (χ4v) is 3.79. The topological polar surface area (TPSA) is 77.7 Å². The zero-order chi connectivity index (χ0) is 15.2. The molecule has 0 saturated heterocycles. The lowest BCUT2D eigenvalue weighted by Gasteiger charge is -2.13. The molecule has 0 amide bonds. The predicted octanol–water partition coefficient (Wildman–Crippen LogP) is 2.85. The summed E-state index contributed by atoms with van der Waals surface area (Å²) in [6.45, 7) is 1.57. The summed E-state index contributed by atoms with van der Waals surface area (Å²) in [5.74, 6) is 0.351. The predicted molar refractivity (Wildman–Crippen MR) is 78.2 cm³/mol. The minimum Gasteiger partial charge on any atom is -0.225 e. The summed E-state index contributed by atoms with van der Waals surface area (Å²) in [7, 11) is -3.64. The van der Waals surface area contributed by atoms with E-state index in [0.717, 1.165) is 12.8 Å². The maximum atomic E-state index is 12.7. The van der Waals surface area contributed by atoms with Gasteiger partial charge < -0.3 is 0 Å². The lowest BCUT2D eigenvalue weighted by Crippen LogP contribution is -2.16. The van der Waals surface area contributed by atoms with Gasteiger partial charge in [-0.05, 0) is 48.4 Å². The van der Waals surface area contributed by atoms with Gasteiger partial charge in [0.2, 0.25) is 0 Å². The van der Waals surface area contributed by atoms with Crippen LogP contribution in [0.5, 0.6) is 0 Å². The molecule has 6 nitrogen and oxygen atoms in total. The van der Waals surface area contributed by atoms with Crippen LogP contribution in [-0.2, 0) is 9.84 Å². The molecule has 1 atom stereocenters. The van der Waals surface area contributed by atoms with Crippen LogP contribution in [0.15, 0.2) is 23.1 Å². The first-order chi connectivity index (χ1) is 9.91. The number of sulfone groups is 1. The van der Waals surface area contributed by atoms with E-state index in [4.69, 9.17) is 23.2 Å². The first-order valence-electron chi connectivity index (χ1n) is 6.38. The van der Waals surface area contributed by atoms with E-state index >= 15 is 0 Å². The van der Waals surface area contributed by atoms with Gasteiger partial charge in [-0.2, -0.15) is 0 Å². The van der Waals surface area contributed by atoms with Crippen molar-refractivity contribution in [3.05, 3.63) is 34.1 Å². The molecule has 2 aromatic rings. The minimum atomic E-state index is -3.64. The van der Waals surface area contributed by atoms with Crippen molar-refractivity contribution in [2.24, 2.45) is 0 Å². The van der Waals surface area contributed by atoms with Crippen molar-refractivity contribution in [2.45, 2.75) is 36.0 Å². The molecular weight excluding hydrogens is 335 g/mol. The van der Waals surface area contributed by atoms with Gasteiger partial charge in [0.05, 0.1) is 21.0 Å². The van der Waals surface area contributed by atoms with Gasteiger partial charge in [-0.15, -0.1) is 5.10 Å². The van der Waals surface area contributed by atoms with Crippen molar-refractivity contribution in [3.8, 4) is 0 Å². The Balaban J connectivity index is 2.00. The van der Waals surface area contributed by atoms with Crippen molar-refractivity contribution in [2.75, 3.05) is 0 Å². The zero-order valence-electron chi connectivity index (χ0n) is 11.1. The number of hydrogen-bond acceptors (Lipinski definition) is 5. The maximum absolute atomic E-state index is 12.7. The van der Waals surface area contributed by atoms with Crippen molar-refractivity contribution < 1.29 is 8.42 Å². The average molecular weight is 347 g/mol. The molecule has 1 aliphatic rings. The molecule has 0 N–H and O–H groups in total. The molecule has 1 heterocycles. The molecule has 3 rings (SSSR count). The number of nitrogens with zero attached hydrogens (tertiary/aromatic N) is 4. The van der Waals surface area contributed by atoms with Crippen LogP contribution in [0.2, 0.25) is 10.0 Å². The summed E-state index contributed by atoms with van der Waals surface area (Å²) in [6.07, 6.45) is 1.94. The number of benzene rings is 1. The van der Waals surface area contributed by atoms with Crippen molar-refractivity contribution in [3.63, 3.8) is 0 Å². The van der Waals surface area contributed by atoms with Crippen molar-refractivity contribution >= 4 is 33.0 Å². The van der Waals surface area contributed by atoms with E-state index in [1.54, 1.807) is 11.6 Å². The van der Waals surface area contributed by atoms with Gasteiger partial charge in [-0.25, -0.2) is 13.1 Å². The summed E-state index contributed by atoms with van der Waals surface area (Å²) in [6, 6.07) is 4.46. The average Bonchev–Trinajstić information content (AvgIpc) is 3.18. The summed E-state index contributed by atoms with van der Waals surface area (Å²) in [5.41, 5.74) is 0. The van der Waals surface area contributed by atoms with Crippen LogP contribution in [0.25, 0.3) is 0 Å². The molecule has 9 heteroatoms. The van der Waals surface area contributed by atoms with Crippen LogP contribution < -0.4 is 0 Å². The molecule has 0 spiro atoms. The Kier molecular flexibility index (Phi) is 3.67. The van der Waals surface area contributed by atoms with Gasteiger partial charge in [-0.3, -0.25) is 0 Å². The van der Waals surface area contributed by atoms with Gasteiger partial charge >= 0.3 is 0 Å². The van der Waals surface area contributed by atoms with Gasteiger partial charge in [0.25, 0.3) is 0 Å². The van der Waals surface area contributed by atoms with Crippen molar-refractivity contribution in [1.82, 2.24) is 20.2 Å². The molecule has 0 radical (unpaired) electrons. The fourth-order valence-electron chi connectivity index (χ4n) is 2.04. The number of tetrazole rings is 1. The highest BCUT2D eigenvalue weighted by molar-refractivity contribution is 7.91. The Bertz CT molecular complexity index is 786. The Morgan fingerprint density at radius 2 is 2.00 bits per heavy atom. The largest absolute Gasteiger partial charge is 0.225 e. The van der Waals surface area contributed by atoms with E-state index < -0.39 is 15.1 Å². The van der Waals surface area contributed by atoms with E-state index in [-0.39, 0.29) is 16.0 Å². The van der Waals surface area contributed by atoms with Gasteiger partial charge in [0.1, 0.15) is 5.25 Å². The zero-order valence-corrected chi connectivity index (χ0v) is 13.4. The molecule has 0 aliphatic heterocycles.